The molecule has 4 amide bonds. The summed E-state index contributed by atoms with van der Waals surface area (Å²) in [5.41, 5.74) is 4.61. The van der Waals surface area contributed by atoms with E-state index in [0.717, 1.165) is 42.1 Å². The van der Waals surface area contributed by atoms with Gasteiger partial charge in [-0.2, -0.15) is 10.2 Å². The second-order valence-corrected chi connectivity index (χ2v) is 24.3. The van der Waals surface area contributed by atoms with Gasteiger partial charge in [-0.1, -0.05) is 104 Å². The Balaban J connectivity index is 1.58. The summed E-state index contributed by atoms with van der Waals surface area (Å²) in [4.78, 5) is 122. The van der Waals surface area contributed by atoms with Crippen molar-refractivity contribution in [3.63, 3.8) is 0 Å². The zero-order chi connectivity index (χ0) is 63.7. The topological polar surface area (TPSA) is 241 Å². The summed E-state index contributed by atoms with van der Waals surface area (Å²) in [6.45, 7) is 19.1. The number of ether oxygens (including phenoxy) is 6. The number of aromatic nitrogens is 4. The second kappa shape index (κ2) is 32.3. The maximum Gasteiger partial charge on any atom is 0.329 e. The molecule has 1 saturated heterocycles. The molecule has 0 aliphatic carbocycles. The molecule has 22 nitrogen and oxygen atoms in total. The molecule has 0 bridgehead atoms. The minimum atomic E-state index is -1.55. The zero-order valence-electron chi connectivity index (χ0n) is 53.2. The van der Waals surface area contributed by atoms with Crippen LogP contribution in [-0.4, -0.2) is 178 Å². The number of rotatable bonds is 20. The van der Waals surface area contributed by atoms with Crippen LogP contribution in [-0.2, 0) is 106 Å². The molecule has 0 N–H and O–H groups in total. The highest BCUT2D eigenvalue weighted by Crippen LogP contribution is 2.25. The van der Waals surface area contributed by atoms with Gasteiger partial charge in [0, 0.05) is 67.6 Å². The molecule has 1 aliphatic rings. The third kappa shape index (κ3) is 19.5. The van der Waals surface area contributed by atoms with Crippen LogP contribution in [0.1, 0.15) is 129 Å². The fourth-order valence-electron chi connectivity index (χ4n) is 10.3. The van der Waals surface area contributed by atoms with E-state index in [1.54, 1.807) is 54.0 Å². The number of amides is 4. The monoisotopic (exact) mass is 1200 g/mol. The van der Waals surface area contributed by atoms with E-state index >= 15 is 9.59 Å². The van der Waals surface area contributed by atoms with E-state index in [0.29, 0.717) is 37.4 Å². The lowest BCUT2D eigenvalue weighted by molar-refractivity contribution is -0.176. The normalized spacial score (nSPS) is 22.5. The Morgan fingerprint density at radius 3 is 1.17 bits per heavy atom. The van der Waals surface area contributed by atoms with Crippen molar-refractivity contribution in [3.8, 4) is 0 Å². The van der Waals surface area contributed by atoms with Gasteiger partial charge in [-0.05, 0) is 97.6 Å². The standard InChI is InChI=1S/C64H92N8O14/c1-39(2)29-51-61(77)83-44(10)58(74)68(12)54(32-42(7)8)64(80)86-56(34-46-19-23-48(24-20-46)36-72-50(38-82-16)25-27-65-72)60(76)70(14)52(30-40(3)4)62(78)84-43(9)57(73)67(11)53(31-41(5)6)63(79)85-55(59(75)69(51)13)33-45-17-21-47(22-18-45)35-71-28-26-49(66-71)37-81-15/h17-28,39-44,51-56H,29-38H2,1-16H3/t43-,44-,51+,52+,53+,54+,55-,56-/m1/s1. The Bertz CT molecular complexity index is 2880. The van der Waals surface area contributed by atoms with E-state index in [1.165, 1.54) is 42.0 Å². The smallest absolute Gasteiger partial charge is 0.329 e. The third-order valence-corrected chi connectivity index (χ3v) is 15.1. The lowest BCUT2D eigenvalue weighted by Crippen LogP contribution is -2.55. The van der Waals surface area contributed by atoms with Gasteiger partial charge >= 0.3 is 23.9 Å². The molecule has 472 valence electrons. The molecular weight excluding hydrogens is 1100 g/mol. The molecule has 0 radical (unpaired) electrons. The van der Waals surface area contributed by atoms with Crippen molar-refractivity contribution in [2.45, 2.75) is 183 Å². The first-order chi connectivity index (χ1) is 40.6. The number of likely N-dealkylation sites (N-methyl/N-ethyl adjacent to an activating group) is 4. The summed E-state index contributed by atoms with van der Waals surface area (Å²) in [7, 11) is 8.75. The van der Waals surface area contributed by atoms with Crippen molar-refractivity contribution in [1.82, 2.24) is 39.2 Å². The van der Waals surface area contributed by atoms with Crippen molar-refractivity contribution in [2.75, 3.05) is 42.4 Å². The Kier molecular flexibility index (Phi) is 26.1. The van der Waals surface area contributed by atoms with Crippen molar-refractivity contribution in [2.24, 2.45) is 23.7 Å². The Labute approximate surface area is 507 Å². The average molecular weight is 1200 g/mol. The highest BCUT2D eigenvalue weighted by atomic mass is 16.6. The van der Waals surface area contributed by atoms with Crippen LogP contribution in [0.25, 0.3) is 0 Å². The largest absolute Gasteiger partial charge is 0.451 e. The number of benzene rings is 2. The van der Waals surface area contributed by atoms with Crippen LogP contribution >= 0.6 is 0 Å². The number of methoxy groups -OCH3 is 2. The van der Waals surface area contributed by atoms with Crippen LogP contribution in [0.4, 0.5) is 0 Å². The van der Waals surface area contributed by atoms with Crippen molar-refractivity contribution >= 4 is 47.5 Å². The summed E-state index contributed by atoms with van der Waals surface area (Å²) in [5, 5.41) is 8.96. The quantitative estimate of drug-likeness (QED) is 0.0682. The minimum absolute atomic E-state index is 0.0719. The van der Waals surface area contributed by atoms with E-state index in [1.807, 2.05) is 98.0 Å². The van der Waals surface area contributed by atoms with E-state index in [-0.39, 0.29) is 62.2 Å². The molecule has 5 rings (SSSR count). The lowest BCUT2D eigenvalue weighted by Gasteiger charge is -2.35. The van der Waals surface area contributed by atoms with Crippen LogP contribution in [0.15, 0.2) is 73.1 Å². The molecule has 0 saturated carbocycles. The molecule has 0 unspecified atom stereocenters. The summed E-state index contributed by atoms with van der Waals surface area (Å²) >= 11 is 0. The lowest BCUT2D eigenvalue weighted by atomic mass is 9.99. The molecule has 1 fully saturated rings. The van der Waals surface area contributed by atoms with Crippen molar-refractivity contribution < 1.29 is 66.8 Å². The fourth-order valence-corrected chi connectivity index (χ4v) is 10.3. The van der Waals surface area contributed by atoms with Gasteiger partial charge < -0.3 is 48.0 Å². The zero-order valence-corrected chi connectivity index (χ0v) is 53.2. The summed E-state index contributed by atoms with van der Waals surface area (Å²) in [6.07, 6.45) is -2.58. The van der Waals surface area contributed by atoms with E-state index in [4.69, 9.17) is 28.4 Å². The number of esters is 4. The van der Waals surface area contributed by atoms with Gasteiger partial charge in [-0.25, -0.2) is 19.2 Å². The van der Waals surface area contributed by atoms with Crippen LogP contribution in [0.5, 0.6) is 0 Å². The van der Waals surface area contributed by atoms with Gasteiger partial charge in [0.2, 0.25) is 0 Å². The molecular formula is C64H92N8O14. The first-order valence-electron chi connectivity index (χ1n) is 29.7. The molecule has 22 heteroatoms. The summed E-state index contributed by atoms with van der Waals surface area (Å²) in [6, 6.07) is 13.2. The molecule has 4 aromatic rings. The highest BCUT2D eigenvalue weighted by molar-refractivity contribution is 5.94. The predicted octanol–water partition coefficient (Wildman–Crippen LogP) is 6.45. The molecule has 86 heavy (non-hydrogen) atoms. The van der Waals surface area contributed by atoms with Crippen molar-refractivity contribution in [1.29, 1.82) is 0 Å². The van der Waals surface area contributed by atoms with E-state index in [9.17, 15) is 28.8 Å². The summed E-state index contributed by atoms with van der Waals surface area (Å²) < 4.78 is 38.4. The first-order valence-corrected chi connectivity index (χ1v) is 29.7. The Morgan fingerprint density at radius 2 is 0.802 bits per heavy atom. The molecule has 2 aromatic carbocycles. The van der Waals surface area contributed by atoms with Crippen LogP contribution in [0.2, 0.25) is 0 Å². The Hall–Kier alpha value is -7.46. The first kappa shape index (κ1) is 69.3. The summed E-state index contributed by atoms with van der Waals surface area (Å²) in [5.74, 6) is -7.55. The van der Waals surface area contributed by atoms with Gasteiger partial charge in [0.1, 0.15) is 24.2 Å². The number of carbonyl (C=O) groups excluding carboxylic acids is 8. The van der Waals surface area contributed by atoms with Crippen LogP contribution in [0.3, 0.4) is 0 Å². The molecule has 3 heterocycles. The average Bonchev–Trinajstić information content (AvgIpc) is 4.13. The van der Waals surface area contributed by atoms with Crippen LogP contribution in [0, 0.1) is 23.7 Å². The predicted molar refractivity (Wildman–Crippen MR) is 319 cm³/mol. The van der Waals surface area contributed by atoms with Crippen molar-refractivity contribution in [3.05, 3.63) is 107 Å². The van der Waals surface area contributed by atoms with Gasteiger partial charge in [0.05, 0.1) is 37.7 Å². The number of nitrogens with zero attached hydrogens (tertiary/aromatic N) is 8. The third-order valence-electron chi connectivity index (χ3n) is 15.1. The number of hydrogen-bond acceptors (Lipinski definition) is 16. The fraction of sp³-hybridized carbons (Fsp3) is 0.594. The highest BCUT2D eigenvalue weighted by Gasteiger charge is 2.43. The maximum absolute atomic E-state index is 15.1. The van der Waals surface area contributed by atoms with Gasteiger partial charge in [-0.15, -0.1) is 0 Å². The minimum Gasteiger partial charge on any atom is -0.451 e. The Morgan fingerprint density at radius 1 is 0.453 bits per heavy atom. The van der Waals surface area contributed by atoms with Gasteiger partial charge in [0.25, 0.3) is 23.6 Å². The maximum atomic E-state index is 15.1. The van der Waals surface area contributed by atoms with E-state index < -0.39 is 96.1 Å². The molecule has 0 spiro atoms. The number of hydrogen-bond donors (Lipinski definition) is 0. The van der Waals surface area contributed by atoms with E-state index in [2.05, 4.69) is 10.2 Å². The molecule has 1 aliphatic heterocycles. The SMILES string of the molecule is COCc1ccn(Cc2ccc(C[C@H]3OC(=O)[C@H](CC(C)C)N(C)C(=O)[C@@H](C)OC(=O)[C@H](CC(C)C)N(C)C(=O)[C@@H](Cc4ccc(Cn5nccc5COC)cc4)OC(=O)[C@H](CC(C)C)N(C)C(=O)[C@@H](C)OC(=O)[C@H](CC(C)C)N(C)C3=O)cc2)n1. The van der Waals surface area contributed by atoms with Gasteiger partial charge in [0.15, 0.2) is 24.4 Å². The molecule has 2 aromatic heterocycles. The molecule has 8 atom stereocenters. The number of carbonyl (C=O) groups is 8. The number of cyclic esters (lactones) is 4. The van der Waals surface area contributed by atoms with Crippen LogP contribution < -0.4 is 0 Å². The van der Waals surface area contributed by atoms with Gasteiger partial charge in [-0.3, -0.25) is 28.5 Å². The second-order valence-electron chi connectivity index (χ2n) is 24.3.